The van der Waals surface area contributed by atoms with Gasteiger partial charge in [-0.15, -0.1) is 0 Å². The average molecular weight is 762 g/mol. The quantitative estimate of drug-likeness (QED) is 0.229. The molecule has 5 heterocycles. The van der Waals surface area contributed by atoms with E-state index < -0.39 is 17.8 Å². The van der Waals surface area contributed by atoms with Crippen molar-refractivity contribution in [1.82, 2.24) is 15.1 Å². The summed E-state index contributed by atoms with van der Waals surface area (Å²) in [5.41, 5.74) is 5.00. The number of amides is 3. The molecule has 9 rings (SSSR count). The molecule has 3 atom stereocenters. The van der Waals surface area contributed by atoms with Crippen molar-refractivity contribution >= 4 is 29.1 Å². The summed E-state index contributed by atoms with van der Waals surface area (Å²) in [6.07, 6.45) is 2.34. The molecule has 2 N–H and O–H groups in total. The van der Waals surface area contributed by atoms with Crippen molar-refractivity contribution in [3.63, 3.8) is 0 Å². The third kappa shape index (κ3) is 6.84. The SMILES string of the molecule is O=C1CC[C@H](N2Cc3cc(N4CCN(CC5CCN(c6ccc(C7c8ccc(O)cc8OCC7c7ccccc7)cc6F)CC5)CC4)c(F)cc3C2=O)C(=O)N1. The molecule has 0 saturated carbocycles. The number of benzene rings is 4. The minimum atomic E-state index is -0.735. The smallest absolute Gasteiger partial charge is 0.255 e. The Morgan fingerprint density at radius 2 is 1.52 bits per heavy atom. The predicted octanol–water partition coefficient (Wildman–Crippen LogP) is 5.78. The van der Waals surface area contributed by atoms with Crippen molar-refractivity contribution in [3.05, 3.63) is 118 Å². The molecular weight excluding hydrogens is 717 g/mol. The Morgan fingerprint density at radius 3 is 2.27 bits per heavy atom. The van der Waals surface area contributed by atoms with Crippen molar-refractivity contribution in [2.24, 2.45) is 5.92 Å². The number of halogens is 2. The fourth-order valence-corrected chi connectivity index (χ4v) is 9.48. The van der Waals surface area contributed by atoms with Crippen LogP contribution in [0.1, 0.15) is 70.1 Å². The number of imide groups is 1. The fourth-order valence-electron chi connectivity index (χ4n) is 9.48. The van der Waals surface area contributed by atoms with Gasteiger partial charge < -0.3 is 24.5 Å². The minimum Gasteiger partial charge on any atom is -0.508 e. The van der Waals surface area contributed by atoms with E-state index in [1.807, 2.05) is 41.3 Å². The lowest BCUT2D eigenvalue weighted by atomic mass is 9.76. The van der Waals surface area contributed by atoms with Gasteiger partial charge in [0.15, 0.2) is 0 Å². The van der Waals surface area contributed by atoms with Gasteiger partial charge in [0.1, 0.15) is 29.2 Å². The molecule has 5 aliphatic heterocycles. The molecule has 3 fully saturated rings. The molecule has 0 aliphatic carbocycles. The van der Waals surface area contributed by atoms with Crippen molar-refractivity contribution in [2.45, 2.75) is 50.1 Å². The number of piperazine rings is 1. The third-order valence-corrected chi connectivity index (χ3v) is 12.5. The highest BCUT2D eigenvalue weighted by atomic mass is 19.1. The predicted molar refractivity (Wildman–Crippen MR) is 207 cm³/mol. The number of nitrogens with one attached hydrogen (secondary N) is 1. The van der Waals surface area contributed by atoms with Gasteiger partial charge in [-0.05, 0) is 72.2 Å². The molecule has 56 heavy (non-hydrogen) atoms. The molecule has 0 bridgehead atoms. The Kier molecular flexibility index (Phi) is 9.60. The van der Waals surface area contributed by atoms with Crippen LogP contribution in [0.25, 0.3) is 0 Å². The molecule has 12 heteroatoms. The number of hydrogen-bond acceptors (Lipinski definition) is 8. The Morgan fingerprint density at radius 1 is 0.768 bits per heavy atom. The van der Waals surface area contributed by atoms with E-state index in [9.17, 15) is 19.5 Å². The maximum atomic E-state index is 16.1. The van der Waals surface area contributed by atoms with Crippen LogP contribution in [0.2, 0.25) is 0 Å². The van der Waals surface area contributed by atoms with Crippen molar-refractivity contribution in [1.29, 1.82) is 0 Å². The zero-order valence-electron chi connectivity index (χ0n) is 31.1. The summed E-state index contributed by atoms with van der Waals surface area (Å²) in [4.78, 5) is 45.3. The van der Waals surface area contributed by atoms with Crippen molar-refractivity contribution < 1.29 is 33.0 Å². The number of hydrogen-bond donors (Lipinski definition) is 2. The van der Waals surface area contributed by atoms with E-state index in [1.165, 1.54) is 11.0 Å². The molecule has 2 unspecified atom stereocenters. The number of ether oxygens (including phenoxy) is 1. The van der Waals surface area contributed by atoms with Crippen LogP contribution in [-0.2, 0) is 16.1 Å². The number of fused-ring (bicyclic) bond motifs is 2. The molecule has 0 aromatic heterocycles. The van der Waals surface area contributed by atoms with E-state index in [4.69, 9.17) is 4.74 Å². The Balaban J connectivity index is 0.804. The number of carbonyl (C=O) groups excluding carboxylic acids is 3. The lowest BCUT2D eigenvalue weighted by Gasteiger charge is -2.40. The summed E-state index contributed by atoms with van der Waals surface area (Å²) < 4.78 is 37.6. The van der Waals surface area contributed by atoms with Crippen LogP contribution >= 0.6 is 0 Å². The van der Waals surface area contributed by atoms with Crippen molar-refractivity contribution in [3.8, 4) is 11.5 Å². The first-order valence-corrected chi connectivity index (χ1v) is 19.7. The molecule has 0 spiro atoms. The molecule has 290 valence electrons. The second-order valence-electron chi connectivity index (χ2n) is 15.8. The molecule has 4 aromatic rings. The van der Waals surface area contributed by atoms with E-state index in [-0.39, 0.29) is 60.2 Å². The molecule has 3 saturated heterocycles. The monoisotopic (exact) mass is 761 g/mol. The lowest BCUT2D eigenvalue weighted by Crippen LogP contribution is -2.52. The van der Waals surface area contributed by atoms with E-state index in [1.54, 1.807) is 24.3 Å². The highest BCUT2D eigenvalue weighted by Crippen LogP contribution is 2.47. The van der Waals surface area contributed by atoms with E-state index in [2.05, 4.69) is 27.2 Å². The second kappa shape index (κ2) is 14.9. The number of aromatic hydroxyl groups is 1. The van der Waals surface area contributed by atoms with Gasteiger partial charge in [-0.3, -0.25) is 24.6 Å². The van der Waals surface area contributed by atoms with Crippen LogP contribution in [-0.4, -0.2) is 91.1 Å². The molecular formula is C44H45F2N5O5. The van der Waals surface area contributed by atoms with Gasteiger partial charge >= 0.3 is 0 Å². The summed E-state index contributed by atoms with van der Waals surface area (Å²) >= 11 is 0. The molecule has 3 amide bonds. The number of carbonyl (C=O) groups is 3. The lowest BCUT2D eigenvalue weighted by molar-refractivity contribution is -0.136. The third-order valence-electron chi connectivity index (χ3n) is 12.5. The summed E-state index contributed by atoms with van der Waals surface area (Å²) in [5.74, 6) is -0.778. The maximum absolute atomic E-state index is 16.1. The van der Waals surface area contributed by atoms with E-state index >= 15 is 8.78 Å². The average Bonchev–Trinajstić information content (AvgIpc) is 3.52. The summed E-state index contributed by atoms with van der Waals surface area (Å²) in [7, 11) is 0. The van der Waals surface area contributed by atoms with Crippen molar-refractivity contribution in [2.75, 3.05) is 62.2 Å². The molecule has 5 aliphatic rings. The zero-order chi connectivity index (χ0) is 38.5. The number of anilines is 2. The van der Waals surface area contributed by atoms with Crippen LogP contribution < -0.4 is 19.9 Å². The van der Waals surface area contributed by atoms with Crippen LogP contribution in [0.4, 0.5) is 20.2 Å². The topological polar surface area (TPSA) is 106 Å². The number of nitrogens with zero attached hydrogens (tertiary/aromatic N) is 4. The zero-order valence-corrected chi connectivity index (χ0v) is 31.1. The summed E-state index contributed by atoms with van der Waals surface area (Å²) in [6, 6.07) is 23.3. The highest BCUT2D eigenvalue weighted by Gasteiger charge is 2.40. The Bertz CT molecular complexity index is 2170. The van der Waals surface area contributed by atoms with Crippen LogP contribution in [0.5, 0.6) is 11.5 Å². The van der Waals surface area contributed by atoms with Crippen LogP contribution in [0, 0.1) is 17.6 Å². The maximum Gasteiger partial charge on any atom is 0.255 e. The highest BCUT2D eigenvalue weighted by molar-refractivity contribution is 6.05. The van der Waals surface area contributed by atoms with Gasteiger partial charge in [0.05, 0.1) is 18.0 Å². The molecule has 10 nitrogen and oxygen atoms in total. The van der Waals surface area contributed by atoms with E-state index in [0.717, 1.165) is 62.3 Å². The summed E-state index contributed by atoms with van der Waals surface area (Å²) in [5, 5.41) is 12.4. The largest absolute Gasteiger partial charge is 0.508 e. The van der Waals surface area contributed by atoms with Gasteiger partial charge in [-0.1, -0.05) is 42.5 Å². The normalized spacial score (nSPS) is 23.1. The molecule has 0 radical (unpaired) electrons. The van der Waals surface area contributed by atoms with Crippen LogP contribution in [0.3, 0.4) is 0 Å². The first kappa shape index (κ1) is 36.2. The second-order valence-corrected chi connectivity index (χ2v) is 15.8. The standard InChI is InChI=1S/C44H45F2N5O5/c45-35-20-29(42-32-8-7-31(52)22-40(32)56-26-34(42)28-4-2-1-3-5-28)6-9-37(35)49-14-12-27(13-15-49)24-48-16-18-50(19-17-48)39-21-30-25-51(44(55)33(30)23-36(39)46)38-10-11-41(53)47-43(38)54/h1-9,20-23,27,34,38,42,52H,10-19,24-26H2,(H,47,53,54)/t34?,38-,42?/m0/s1. The van der Waals surface area contributed by atoms with Gasteiger partial charge in [-0.25, -0.2) is 8.78 Å². The van der Waals surface area contributed by atoms with Gasteiger partial charge in [0, 0.05) is 87.8 Å². The van der Waals surface area contributed by atoms with Gasteiger partial charge in [-0.2, -0.15) is 0 Å². The minimum absolute atomic E-state index is 0.00738. The number of piperidine rings is 2. The molecule has 4 aromatic carbocycles. The van der Waals surface area contributed by atoms with E-state index in [0.29, 0.717) is 48.3 Å². The Labute approximate surface area is 324 Å². The Hall–Kier alpha value is -5.49. The van der Waals surface area contributed by atoms with Gasteiger partial charge in [0.25, 0.3) is 5.91 Å². The number of rotatable bonds is 7. The fraction of sp³-hybridized carbons (Fsp3) is 0.386. The summed E-state index contributed by atoms with van der Waals surface area (Å²) in [6.45, 7) is 5.99. The first-order chi connectivity index (χ1) is 27.2. The van der Waals surface area contributed by atoms with Crippen LogP contribution in [0.15, 0.2) is 78.9 Å². The number of phenolic OH excluding ortho intramolecular Hbond substituents is 1. The number of phenols is 1. The van der Waals surface area contributed by atoms with Gasteiger partial charge in [0.2, 0.25) is 11.8 Å². The first-order valence-electron chi connectivity index (χ1n) is 19.7.